The van der Waals surface area contributed by atoms with Crippen LogP contribution in [-0.4, -0.2) is 11.6 Å². The molecule has 5 rings (SSSR count). The van der Waals surface area contributed by atoms with Gasteiger partial charge in [0.2, 0.25) is 0 Å². The number of dihydropyridines is 1. The van der Waals surface area contributed by atoms with Gasteiger partial charge in [-0.1, -0.05) is 35.9 Å². The number of ketones is 2. The van der Waals surface area contributed by atoms with E-state index in [1.807, 2.05) is 48.5 Å². The molecule has 0 bridgehead atoms. The first-order valence-corrected chi connectivity index (χ1v) is 11.2. The summed E-state index contributed by atoms with van der Waals surface area (Å²) in [4.78, 5) is 25.9. The molecule has 1 aliphatic heterocycles. The Morgan fingerprint density at radius 2 is 1.55 bits per heavy atom. The molecule has 158 valence electrons. The molecule has 0 atom stereocenters. The van der Waals surface area contributed by atoms with E-state index in [-0.39, 0.29) is 17.5 Å². The highest BCUT2D eigenvalue weighted by atomic mass is 35.5. The lowest BCUT2D eigenvalue weighted by molar-refractivity contribution is -0.116. The Bertz CT molecular complexity index is 1090. The summed E-state index contributed by atoms with van der Waals surface area (Å²) in [7, 11) is 0. The maximum Gasteiger partial charge on any atom is 0.161 e. The third kappa shape index (κ3) is 3.92. The van der Waals surface area contributed by atoms with E-state index < -0.39 is 0 Å². The van der Waals surface area contributed by atoms with Gasteiger partial charge < -0.3 is 10.1 Å². The van der Waals surface area contributed by atoms with Crippen molar-refractivity contribution < 1.29 is 14.3 Å². The molecule has 0 aromatic heterocycles. The molecule has 0 unspecified atom stereocenters. The van der Waals surface area contributed by atoms with E-state index in [2.05, 4.69) is 5.32 Å². The Hall–Kier alpha value is -2.85. The topological polar surface area (TPSA) is 55.4 Å². The molecule has 31 heavy (non-hydrogen) atoms. The number of allylic oxidation sites excluding steroid dienone is 4. The fraction of sp³-hybridized carbons (Fsp3) is 0.308. The van der Waals surface area contributed by atoms with Gasteiger partial charge in [-0.15, -0.1) is 0 Å². The number of hydrogen-bond acceptors (Lipinski definition) is 4. The molecule has 0 amide bonds. The molecule has 2 aromatic carbocycles. The molecular formula is C26H24ClNO3. The second kappa shape index (κ2) is 8.35. The van der Waals surface area contributed by atoms with Crippen molar-refractivity contribution in [3.8, 4) is 5.75 Å². The molecule has 2 aromatic rings. The van der Waals surface area contributed by atoms with Crippen LogP contribution < -0.4 is 10.1 Å². The van der Waals surface area contributed by atoms with Crippen LogP contribution in [0.25, 0.3) is 0 Å². The first-order chi connectivity index (χ1) is 15.1. The number of nitrogens with one attached hydrogen (secondary N) is 1. The quantitative estimate of drug-likeness (QED) is 0.679. The molecule has 0 spiro atoms. The standard InChI is InChI=1S/C26H24ClNO3/c27-18-7-1-5-16(13-18)15-31-19-8-2-6-17(14-19)24-25-20(9-3-11-22(25)29)28-21-10-4-12-23(30)26(21)24/h1-2,5-8,13-14,24,28H,3-4,9-12,15H2. The Kier molecular flexibility index (Phi) is 5.41. The first-order valence-electron chi connectivity index (χ1n) is 10.9. The Morgan fingerprint density at radius 3 is 2.23 bits per heavy atom. The Balaban J connectivity index is 1.50. The van der Waals surface area contributed by atoms with E-state index in [1.54, 1.807) is 0 Å². The van der Waals surface area contributed by atoms with E-state index in [9.17, 15) is 9.59 Å². The highest BCUT2D eigenvalue weighted by Crippen LogP contribution is 2.45. The van der Waals surface area contributed by atoms with Gasteiger partial charge in [-0.05, 0) is 61.1 Å². The zero-order valence-electron chi connectivity index (χ0n) is 17.2. The SMILES string of the molecule is O=C1CCCC2=C1C(c1cccc(OCc3cccc(Cl)c3)c1)C1=C(CCCC1=O)N2. The van der Waals surface area contributed by atoms with E-state index in [1.165, 1.54) is 0 Å². The van der Waals surface area contributed by atoms with E-state index in [0.717, 1.165) is 59.4 Å². The largest absolute Gasteiger partial charge is 0.489 e. The van der Waals surface area contributed by atoms with Crippen molar-refractivity contribution in [3.05, 3.63) is 87.2 Å². The van der Waals surface area contributed by atoms with Crippen LogP contribution in [0.3, 0.4) is 0 Å². The van der Waals surface area contributed by atoms with Gasteiger partial charge in [0.25, 0.3) is 0 Å². The normalized spacial score (nSPS) is 19.1. The minimum absolute atomic E-state index is 0.147. The predicted molar refractivity (Wildman–Crippen MR) is 120 cm³/mol. The van der Waals surface area contributed by atoms with E-state index in [4.69, 9.17) is 16.3 Å². The number of hydrogen-bond donors (Lipinski definition) is 1. The lowest BCUT2D eigenvalue weighted by atomic mass is 9.71. The molecule has 0 fully saturated rings. The molecule has 3 aliphatic rings. The van der Waals surface area contributed by atoms with Crippen molar-refractivity contribution in [1.29, 1.82) is 0 Å². The predicted octanol–water partition coefficient (Wildman–Crippen LogP) is 5.62. The Morgan fingerprint density at radius 1 is 0.871 bits per heavy atom. The van der Waals surface area contributed by atoms with Crippen LogP contribution in [0.1, 0.15) is 55.6 Å². The lowest BCUT2D eigenvalue weighted by Gasteiger charge is -2.37. The highest BCUT2D eigenvalue weighted by molar-refractivity contribution is 6.30. The molecule has 2 aliphatic carbocycles. The highest BCUT2D eigenvalue weighted by Gasteiger charge is 2.40. The van der Waals surface area contributed by atoms with Crippen molar-refractivity contribution >= 4 is 23.2 Å². The summed E-state index contributed by atoms with van der Waals surface area (Å²) in [6.07, 6.45) is 4.51. The third-order valence-corrected chi connectivity index (χ3v) is 6.51. The van der Waals surface area contributed by atoms with E-state index >= 15 is 0 Å². The molecule has 0 saturated heterocycles. The molecule has 1 N–H and O–H groups in total. The molecule has 0 saturated carbocycles. The van der Waals surface area contributed by atoms with Gasteiger partial charge in [-0.3, -0.25) is 9.59 Å². The number of ether oxygens (including phenoxy) is 1. The van der Waals surface area contributed by atoms with Crippen LogP contribution in [0.5, 0.6) is 5.75 Å². The van der Waals surface area contributed by atoms with Gasteiger partial charge in [0.1, 0.15) is 12.4 Å². The van der Waals surface area contributed by atoms with Crippen LogP contribution in [0.4, 0.5) is 0 Å². The number of carbonyl (C=O) groups excluding carboxylic acids is 2. The number of benzene rings is 2. The average molecular weight is 434 g/mol. The second-order valence-electron chi connectivity index (χ2n) is 8.39. The zero-order chi connectivity index (χ0) is 21.4. The second-order valence-corrected chi connectivity index (χ2v) is 8.82. The maximum atomic E-state index is 12.9. The summed E-state index contributed by atoms with van der Waals surface area (Å²) in [6.45, 7) is 0.399. The average Bonchev–Trinajstić information content (AvgIpc) is 2.77. The summed E-state index contributed by atoms with van der Waals surface area (Å²) in [5.74, 6) is 0.705. The maximum absolute atomic E-state index is 12.9. The van der Waals surface area contributed by atoms with Gasteiger partial charge in [-0.25, -0.2) is 0 Å². The fourth-order valence-corrected chi connectivity index (χ4v) is 5.11. The van der Waals surface area contributed by atoms with E-state index in [0.29, 0.717) is 30.2 Å². The van der Waals surface area contributed by atoms with Crippen LogP contribution in [-0.2, 0) is 16.2 Å². The summed E-state index contributed by atoms with van der Waals surface area (Å²) in [5, 5.41) is 4.13. The number of halogens is 1. The van der Waals surface area contributed by atoms with Gasteiger partial charge in [0.05, 0.1) is 0 Å². The van der Waals surface area contributed by atoms with Gasteiger partial charge >= 0.3 is 0 Å². The fourth-order valence-electron chi connectivity index (χ4n) is 4.89. The number of carbonyl (C=O) groups is 2. The Labute approximate surface area is 186 Å². The van der Waals surface area contributed by atoms with Crippen molar-refractivity contribution in [1.82, 2.24) is 5.32 Å². The van der Waals surface area contributed by atoms with Crippen LogP contribution in [0.15, 0.2) is 71.1 Å². The van der Waals surface area contributed by atoms with Crippen LogP contribution >= 0.6 is 11.6 Å². The van der Waals surface area contributed by atoms with Crippen molar-refractivity contribution in [3.63, 3.8) is 0 Å². The molecule has 5 heteroatoms. The minimum Gasteiger partial charge on any atom is -0.489 e. The van der Waals surface area contributed by atoms with Crippen molar-refractivity contribution in [2.45, 2.75) is 51.0 Å². The molecular weight excluding hydrogens is 410 g/mol. The summed E-state index contributed by atoms with van der Waals surface area (Å²) < 4.78 is 6.03. The zero-order valence-corrected chi connectivity index (χ0v) is 18.0. The molecule has 1 heterocycles. The minimum atomic E-state index is -0.304. The molecule has 0 radical (unpaired) electrons. The number of rotatable bonds is 4. The molecule has 4 nitrogen and oxygen atoms in total. The first kappa shape index (κ1) is 20.1. The van der Waals surface area contributed by atoms with Crippen molar-refractivity contribution in [2.24, 2.45) is 0 Å². The van der Waals surface area contributed by atoms with Crippen LogP contribution in [0.2, 0.25) is 5.02 Å². The van der Waals surface area contributed by atoms with Crippen LogP contribution in [0, 0.1) is 0 Å². The van der Waals surface area contributed by atoms with Gasteiger partial charge in [-0.2, -0.15) is 0 Å². The third-order valence-electron chi connectivity index (χ3n) is 6.28. The monoisotopic (exact) mass is 433 g/mol. The van der Waals surface area contributed by atoms with Crippen molar-refractivity contribution in [2.75, 3.05) is 0 Å². The van der Waals surface area contributed by atoms with Gasteiger partial charge in [0, 0.05) is 46.3 Å². The lowest BCUT2D eigenvalue weighted by Crippen LogP contribution is -2.36. The summed E-state index contributed by atoms with van der Waals surface area (Å²) >= 11 is 6.08. The number of Topliss-reactive ketones (excluding diaryl/α,β-unsaturated/α-hetero) is 2. The van der Waals surface area contributed by atoms with Gasteiger partial charge in [0.15, 0.2) is 11.6 Å². The summed E-state index contributed by atoms with van der Waals surface area (Å²) in [5.41, 5.74) is 5.47. The smallest absolute Gasteiger partial charge is 0.161 e. The summed E-state index contributed by atoms with van der Waals surface area (Å²) in [6, 6.07) is 15.4.